The molecule has 70 valence electrons. The Bertz CT molecular complexity index is 289. The summed E-state index contributed by atoms with van der Waals surface area (Å²) in [6, 6.07) is 9.09. The number of nitrogens with two attached hydrogens (primary N) is 1. The first-order chi connectivity index (χ1) is 6.18. The Hall–Kier alpha value is -1.02. The van der Waals surface area contributed by atoms with Gasteiger partial charge in [0.05, 0.1) is 0 Å². The zero-order valence-corrected chi connectivity index (χ0v) is 8.20. The van der Waals surface area contributed by atoms with Gasteiger partial charge in [-0.25, -0.2) is 0 Å². The molecule has 13 heavy (non-hydrogen) atoms. The van der Waals surface area contributed by atoms with E-state index in [1.807, 2.05) is 0 Å². The van der Waals surface area contributed by atoms with E-state index in [0.29, 0.717) is 12.0 Å². The minimum Gasteiger partial charge on any atom is -0.378 e. The summed E-state index contributed by atoms with van der Waals surface area (Å²) in [5.41, 5.74) is 8.42. The number of nitrogens with zero attached hydrogens (tertiary/aromatic N) is 1. The average molecular weight is 176 g/mol. The first-order valence-corrected chi connectivity index (χ1v) is 4.71. The Morgan fingerprint density at radius 2 is 1.77 bits per heavy atom. The third kappa shape index (κ3) is 1.68. The second-order valence-electron chi connectivity index (χ2n) is 3.99. The van der Waals surface area contributed by atoms with Crippen molar-refractivity contribution < 1.29 is 0 Å². The Morgan fingerprint density at radius 1 is 1.23 bits per heavy atom. The normalized spacial score (nSPS) is 25.8. The SMILES string of the molecule is CN(C)c1ccc([C@@H]2C[C@H]2N)cc1. The summed E-state index contributed by atoms with van der Waals surface area (Å²) >= 11 is 0. The van der Waals surface area contributed by atoms with Crippen LogP contribution in [0.2, 0.25) is 0 Å². The van der Waals surface area contributed by atoms with E-state index in [9.17, 15) is 0 Å². The van der Waals surface area contributed by atoms with Crippen LogP contribution >= 0.6 is 0 Å². The van der Waals surface area contributed by atoms with Crippen LogP contribution in [-0.4, -0.2) is 20.1 Å². The van der Waals surface area contributed by atoms with E-state index in [2.05, 4.69) is 43.3 Å². The van der Waals surface area contributed by atoms with Gasteiger partial charge in [0.2, 0.25) is 0 Å². The molecular formula is C11H16N2. The maximum atomic E-state index is 5.79. The molecule has 0 unspecified atom stereocenters. The van der Waals surface area contributed by atoms with Gasteiger partial charge in [0, 0.05) is 31.7 Å². The molecule has 2 heteroatoms. The molecular weight excluding hydrogens is 160 g/mol. The number of rotatable bonds is 2. The van der Waals surface area contributed by atoms with Gasteiger partial charge in [-0.15, -0.1) is 0 Å². The number of benzene rings is 1. The van der Waals surface area contributed by atoms with Gasteiger partial charge >= 0.3 is 0 Å². The van der Waals surface area contributed by atoms with Crippen LogP contribution in [0.5, 0.6) is 0 Å². The van der Waals surface area contributed by atoms with Crippen molar-refractivity contribution in [3.05, 3.63) is 29.8 Å². The minimum atomic E-state index is 0.408. The van der Waals surface area contributed by atoms with Crippen LogP contribution < -0.4 is 10.6 Å². The lowest BCUT2D eigenvalue weighted by atomic mass is 10.1. The van der Waals surface area contributed by atoms with E-state index in [-0.39, 0.29) is 0 Å². The van der Waals surface area contributed by atoms with Crippen molar-refractivity contribution >= 4 is 5.69 Å². The molecule has 0 aromatic heterocycles. The van der Waals surface area contributed by atoms with Crippen molar-refractivity contribution in [3.8, 4) is 0 Å². The highest BCUT2D eigenvalue weighted by Crippen LogP contribution is 2.39. The fraction of sp³-hybridized carbons (Fsp3) is 0.455. The van der Waals surface area contributed by atoms with Crippen LogP contribution in [0, 0.1) is 0 Å². The van der Waals surface area contributed by atoms with Gasteiger partial charge in [-0.3, -0.25) is 0 Å². The summed E-state index contributed by atoms with van der Waals surface area (Å²) in [6.07, 6.45) is 1.15. The zero-order chi connectivity index (χ0) is 9.42. The third-order valence-electron chi connectivity index (χ3n) is 2.68. The fourth-order valence-corrected chi connectivity index (χ4v) is 1.62. The van der Waals surface area contributed by atoms with Gasteiger partial charge in [-0.05, 0) is 24.1 Å². The summed E-state index contributed by atoms with van der Waals surface area (Å²) in [5, 5.41) is 0. The molecule has 2 nitrogen and oxygen atoms in total. The van der Waals surface area contributed by atoms with Gasteiger partial charge in [0.25, 0.3) is 0 Å². The van der Waals surface area contributed by atoms with Gasteiger partial charge in [-0.1, -0.05) is 12.1 Å². The molecule has 1 aromatic rings. The van der Waals surface area contributed by atoms with E-state index >= 15 is 0 Å². The Morgan fingerprint density at radius 3 is 2.15 bits per heavy atom. The largest absolute Gasteiger partial charge is 0.378 e. The average Bonchev–Trinajstić information content (AvgIpc) is 2.83. The fourth-order valence-electron chi connectivity index (χ4n) is 1.62. The van der Waals surface area contributed by atoms with E-state index in [4.69, 9.17) is 5.73 Å². The van der Waals surface area contributed by atoms with E-state index in [1.165, 1.54) is 11.3 Å². The van der Waals surface area contributed by atoms with Crippen LogP contribution in [0.15, 0.2) is 24.3 Å². The molecule has 0 bridgehead atoms. The monoisotopic (exact) mass is 176 g/mol. The summed E-state index contributed by atoms with van der Waals surface area (Å²) in [5.74, 6) is 0.621. The predicted octanol–water partition coefficient (Wildman–Crippen LogP) is 1.57. The number of hydrogen-bond donors (Lipinski definition) is 1. The molecule has 1 aromatic carbocycles. The third-order valence-corrected chi connectivity index (χ3v) is 2.68. The zero-order valence-electron chi connectivity index (χ0n) is 8.20. The van der Waals surface area contributed by atoms with Gasteiger partial charge < -0.3 is 10.6 Å². The Labute approximate surface area is 79.4 Å². The molecule has 2 rings (SSSR count). The maximum absolute atomic E-state index is 5.79. The smallest absolute Gasteiger partial charge is 0.0361 e. The van der Waals surface area contributed by atoms with E-state index in [0.717, 1.165) is 6.42 Å². The van der Waals surface area contributed by atoms with E-state index in [1.54, 1.807) is 0 Å². The molecule has 2 N–H and O–H groups in total. The van der Waals surface area contributed by atoms with Crippen LogP contribution in [0.25, 0.3) is 0 Å². The van der Waals surface area contributed by atoms with Crippen molar-refractivity contribution in [2.45, 2.75) is 18.4 Å². The molecule has 0 amide bonds. The second-order valence-corrected chi connectivity index (χ2v) is 3.99. The van der Waals surface area contributed by atoms with E-state index < -0.39 is 0 Å². The lowest BCUT2D eigenvalue weighted by molar-refractivity contribution is 0.989. The molecule has 2 atom stereocenters. The summed E-state index contributed by atoms with van der Waals surface area (Å²) in [6.45, 7) is 0. The Kier molecular flexibility index (Phi) is 2.00. The van der Waals surface area contributed by atoms with Crippen LogP contribution in [-0.2, 0) is 0 Å². The molecule has 1 saturated carbocycles. The highest BCUT2D eigenvalue weighted by Gasteiger charge is 2.34. The van der Waals surface area contributed by atoms with Crippen LogP contribution in [0.4, 0.5) is 5.69 Å². The molecule has 1 aliphatic rings. The lowest BCUT2D eigenvalue weighted by Crippen LogP contribution is -2.08. The topological polar surface area (TPSA) is 29.3 Å². The second kappa shape index (κ2) is 3.04. The standard InChI is InChI=1S/C11H16N2/c1-13(2)9-5-3-8(4-6-9)10-7-11(10)12/h3-6,10-11H,7,12H2,1-2H3/t10-,11+/m0/s1. The van der Waals surface area contributed by atoms with Crippen molar-refractivity contribution in [1.82, 2.24) is 0 Å². The van der Waals surface area contributed by atoms with Crippen molar-refractivity contribution in [1.29, 1.82) is 0 Å². The Balaban J connectivity index is 2.14. The van der Waals surface area contributed by atoms with Crippen molar-refractivity contribution in [2.75, 3.05) is 19.0 Å². The highest BCUT2D eigenvalue weighted by atomic mass is 15.1. The lowest BCUT2D eigenvalue weighted by Gasteiger charge is -2.12. The number of anilines is 1. The molecule has 0 aliphatic heterocycles. The molecule has 1 fully saturated rings. The first kappa shape index (κ1) is 8.57. The van der Waals surface area contributed by atoms with Gasteiger partial charge in [0.15, 0.2) is 0 Å². The first-order valence-electron chi connectivity index (χ1n) is 4.71. The van der Waals surface area contributed by atoms with Crippen molar-refractivity contribution in [3.63, 3.8) is 0 Å². The molecule has 0 saturated heterocycles. The van der Waals surface area contributed by atoms with Gasteiger partial charge in [-0.2, -0.15) is 0 Å². The minimum absolute atomic E-state index is 0.408. The summed E-state index contributed by atoms with van der Waals surface area (Å²) in [7, 11) is 4.11. The number of hydrogen-bond acceptors (Lipinski definition) is 2. The quantitative estimate of drug-likeness (QED) is 0.741. The highest BCUT2D eigenvalue weighted by molar-refractivity contribution is 5.47. The summed E-state index contributed by atoms with van der Waals surface area (Å²) < 4.78 is 0. The van der Waals surface area contributed by atoms with Crippen molar-refractivity contribution in [2.24, 2.45) is 5.73 Å². The van der Waals surface area contributed by atoms with Gasteiger partial charge in [0.1, 0.15) is 0 Å². The maximum Gasteiger partial charge on any atom is 0.0361 e. The van der Waals surface area contributed by atoms with Crippen LogP contribution in [0.1, 0.15) is 17.9 Å². The summed E-state index contributed by atoms with van der Waals surface area (Å²) in [4.78, 5) is 2.11. The molecule has 0 heterocycles. The predicted molar refractivity (Wildman–Crippen MR) is 56.1 cm³/mol. The molecule has 0 radical (unpaired) electrons. The molecule has 1 aliphatic carbocycles. The van der Waals surface area contributed by atoms with Crippen LogP contribution in [0.3, 0.4) is 0 Å². The molecule has 0 spiro atoms.